The molecule has 0 aliphatic heterocycles. The average molecular weight is 373 g/mol. The number of nitrogens with one attached hydrogen (secondary N) is 1. The SMILES string of the molecule is CCC(C)C(NC(=O)COC(=O)c1ccc(OC(F)F)cc1)C(=O)OC. The van der Waals surface area contributed by atoms with Crippen molar-refractivity contribution in [2.75, 3.05) is 13.7 Å². The van der Waals surface area contributed by atoms with Crippen molar-refractivity contribution in [2.45, 2.75) is 32.9 Å². The Morgan fingerprint density at radius 3 is 2.27 bits per heavy atom. The lowest BCUT2D eigenvalue weighted by Crippen LogP contribution is -2.47. The molecule has 2 atom stereocenters. The molecule has 1 N–H and O–H groups in total. The van der Waals surface area contributed by atoms with E-state index >= 15 is 0 Å². The van der Waals surface area contributed by atoms with E-state index in [0.29, 0.717) is 6.42 Å². The zero-order chi connectivity index (χ0) is 19.7. The van der Waals surface area contributed by atoms with E-state index in [0.717, 1.165) is 0 Å². The summed E-state index contributed by atoms with van der Waals surface area (Å²) in [6.07, 6.45) is 0.632. The van der Waals surface area contributed by atoms with Gasteiger partial charge >= 0.3 is 18.6 Å². The summed E-state index contributed by atoms with van der Waals surface area (Å²) in [6.45, 7) is 0.0631. The van der Waals surface area contributed by atoms with Gasteiger partial charge in [-0.05, 0) is 30.2 Å². The summed E-state index contributed by atoms with van der Waals surface area (Å²) in [4.78, 5) is 35.5. The van der Waals surface area contributed by atoms with Crippen LogP contribution in [0.2, 0.25) is 0 Å². The zero-order valence-electron chi connectivity index (χ0n) is 14.7. The normalized spacial score (nSPS) is 12.8. The van der Waals surface area contributed by atoms with Crippen molar-refractivity contribution >= 4 is 17.8 Å². The van der Waals surface area contributed by atoms with Crippen LogP contribution in [0.25, 0.3) is 0 Å². The van der Waals surface area contributed by atoms with Crippen molar-refractivity contribution in [2.24, 2.45) is 5.92 Å². The van der Waals surface area contributed by atoms with E-state index in [2.05, 4.69) is 14.8 Å². The highest BCUT2D eigenvalue weighted by Gasteiger charge is 2.27. The Balaban J connectivity index is 2.57. The van der Waals surface area contributed by atoms with Crippen LogP contribution in [0.3, 0.4) is 0 Å². The van der Waals surface area contributed by atoms with E-state index in [1.165, 1.54) is 31.4 Å². The number of hydrogen-bond acceptors (Lipinski definition) is 6. The molecule has 9 heteroatoms. The van der Waals surface area contributed by atoms with Gasteiger partial charge in [-0.2, -0.15) is 8.78 Å². The lowest BCUT2D eigenvalue weighted by molar-refractivity contribution is -0.147. The van der Waals surface area contributed by atoms with Crippen molar-refractivity contribution in [3.8, 4) is 5.75 Å². The summed E-state index contributed by atoms with van der Waals surface area (Å²) < 4.78 is 37.8. The van der Waals surface area contributed by atoms with Crippen LogP contribution in [0.5, 0.6) is 5.75 Å². The number of ether oxygens (including phenoxy) is 3. The Labute approximate surface area is 149 Å². The molecule has 1 rings (SSSR count). The molecule has 0 aliphatic carbocycles. The molecule has 2 unspecified atom stereocenters. The smallest absolute Gasteiger partial charge is 0.387 e. The third kappa shape index (κ3) is 6.66. The summed E-state index contributed by atoms with van der Waals surface area (Å²) in [6, 6.07) is 3.97. The molecule has 0 bridgehead atoms. The van der Waals surface area contributed by atoms with E-state index < -0.39 is 37.1 Å². The molecule has 7 nitrogen and oxygen atoms in total. The number of esters is 2. The van der Waals surface area contributed by atoms with Crippen LogP contribution < -0.4 is 10.1 Å². The summed E-state index contributed by atoms with van der Waals surface area (Å²) >= 11 is 0. The van der Waals surface area contributed by atoms with Gasteiger partial charge in [-0.25, -0.2) is 9.59 Å². The van der Waals surface area contributed by atoms with Crippen molar-refractivity contribution in [1.82, 2.24) is 5.32 Å². The molecule has 0 aromatic heterocycles. The molecule has 0 radical (unpaired) electrons. The Morgan fingerprint density at radius 2 is 1.77 bits per heavy atom. The van der Waals surface area contributed by atoms with Gasteiger partial charge in [-0.15, -0.1) is 0 Å². The van der Waals surface area contributed by atoms with Crippen LogP contribution in [0.15, 0.2) is 24.3 Å². The highest BCUT2D eigenvalue weighted by molar-refractivity contribution is 5.92. The minimum absolute atomic E-state index is 0.0610. The number of rotatable bonds is 9. The molecule has 0 aliphatic rings. The van der Waals surface area contributed by atoms with Gasteiger partial charge in [0.15, 0.2) is 6.61 Å². The number of amides is 1. The van der Waals surface area contributed by atoms with Gasteiger partial charge in [-0.3, -0.25) is 4.79 Å². The predicted molar refractivity (Wildman–Crippen MR) is 86.8 cm³/mol. The van der Waals surface area contributed by atoms with Crippen molar-refractivity contribution < 1.29 is 37.4 Å². The van der Waals surface area contributed by atoms with E-state index in [9.17, 15) is 23.2 Å². The van der Waals surface area contributed by atoms with E-state index in [4.69, 9.17) is 4.74 Å². The highest BCUT2D eigenvalue weighted by atomic mass is 19.3. The molecular formula is C17H21F2NO6. The standard InChI is InChI=1S/C17H21F2NO6/c1-4-10(2)14(16(23)24-3)20-13(21)9-25-15(22)11-5-7-12(8-6-11)26-17(18)19/h5-8,10,14,17H,4,9H2,1-3H3,(H,20,21). The monoisotopic (exact) mass is 373 g/mol. The fourth-order valence-electron chi connectivity index (χ4n) is 2.00. The quantitative estimate of drug-likeness (QED) is 0.667. The maximum absolute atomic E-state index is 12.1. The highest BCUT2D eigenvalue weighted by Crippen LogP contribution is 2.15. The van der Waals surface area contributed by atoms with Crippen molar-refractivity contribution in [1.29, 1.82) is 0 Å². The first-order valence-electron chi connectivity index (χ1n) is 7.87. The third-order valence-electron chi connectivity index (χ3n) is 3.63. The number of hydrogen-bond donors (Lipinski definition) is 1. The number of methoxy groups -OCH3 is 1. The second-order valence-electron chi connectivity index (χ2n) is 5.43. The van der Waals surface area contributed by atoms with Crippen LogP contribution in [-0.4, -0.2) is 44.2 Å². The second-order valence-corrected chi connectivity index (χ2v) is 5.43. The van der Waals surface area contributed by atoms with Crippen molar-refractivity contribution in [3.63, 3.8) is 0 Å². The third-order valence-corrected chi connectivity index (χ3v) is 3.63. The lowest BCUT2D eigenvalue weighted by Gasteiger charge is -2.21. The number of carbonyl (C=O) groups is 3. The molecule has 0 fully saturated rings. The average Bonchev–Trinajstić information content (AvgIpc) is 2.63. The molecule has 0 heterocycles. The first kappa shape index (κ1) is 21.3. The van der Waals surface area contributed by atoms with Crippen LogP contribution in [-0.2, 0) is 19.1 Å². The van der Waals surface area contributed by atoms with Gasteiger partial charge in [0, 0.05) is 0 Å². The number of halogens is 2. The van der Waals surface area contributed by atoms with Gasteiger partial charge < -0.3 is 19.5 Å². The van der Waals surface area contributed by atoms with Crippen LogP contribution in [0.1, 0.15) is 30.6 Å². The minimum Gasteiger partial charge on any atom is -0.467 e. The molecule has 0 saturated heterocycles. The second kappa shape index (κ2) is 10.3. The molecule has 1 aromatic carbocycles. The Bertz CT molecular complexity index is 620. The Morgan fingerprint density at radius 1 is 1.15 bits per heavy atom. The number of carbonyl (C=O) groups excluding carboxylic acids is 3. The topological polar surface area (TPSA) is 90.9 Å². The van der Waals surface area contributed by atoms with Gasteiger partial charge in [0.25, 0.3) is 5.91 Å². The van der Waals surface area contributed by atoms with Gasteiger partial charge in [0.2, 0.25) is 0 Å². The van der Waals surface area contributed by atoms with Gasteiger partial charge in [0.05, 0.1) is 12.7 Å². The first-order valence-corrected chi connectivity index (χ1v) is 7.87. The maximum Gasteiger partial charge on any atom is 0.387 e. The number of alkyl halides is 2. The van der Waals surface area contributed by atoms with Gasteiger partial charge in [0.1, 0.15) is 11.8 Å². The van der Waals surface area contributed by atoms with Gasteiger partial charge in [-0.1, -0.05) is 20.3 Å². The molecule has 26 heavy (non-hydrogen) atoms. The first-order chi connectivity index (χ1) is 12.3. The fourth-order valence-corrected chi connectivity index (χ4v) is 2.00. The summed E-state index contributed by atoms with van der Waals surface area (Å²) in [5, 5.41) is 2.46. The molecular weight excluding hydrogens is 352 g/mol. The minimum atomic E-state index is -2.97. The Hall–Kier alpha value is -2.71. The molecule has 0 spiro atoms. The van der Waals surface area contributed by atoms with Crippen LogP contribution in [0, 0.1) is 5.92 Å². The molecule has 1 aromatic rings. The molecule has 1 amide bonds. The maximum atomic E-state index is 12.1. The predicted octanol–water partition coefficient (Wildman–Crippen LogP) is 2.15. The molecule has 0 saturated carbocycles. The Kier molecular flexibility index (Phi) is 8.47. The summed E-state index contributed by atoms with van der Waals surface area (Å²) in [7, 11) is 1.21. The fraction of sp³-hybridized carbons (Fsp3) is 0.471. The van der Waals surface area contributed by atoms with E-state index in [1.54, 1.807) is 6.92 Å². The van der Waals surface area contributed by atoms with Crippen LogP contribution in [0.4, 0.5) is 8.78 Å². The van der Waals surface area contributed by atoms with E-state index in [1.807, 2.05) is 6.92 Å². The van der Waals surface area contributed by atoms with E-state index in [-0.39, 0.29) is 17.2 Å². The number of benzene rings is 1. The largest absolute Gasteiger partial charge is 0.467 e. The summed E-state index contributed by atoms with van der Waals surface area (Å²) in [5.41, 5.74) is 0.0610. The summed E-state index contributed by atoms with van der Waals surface area (Å²) in [5.74, 6) is -2.34. The molecule has 144 valence electrons. The lowest BCUT2D eigenvalue weighted by atomic mass is 9.99. The van der Waals surface area contributed by atoms with Crippen LogP contribution >= 0.6 is 0 Å². The van der Waals surface area contributed by atoms with Crippen molar-refractivity contribution in [3.05, 3.63) is 29.8 Å². The zero-order valence-corrected chi connectivity index (χ0v) is 14.7.